The van der Waals surface area contributed by atoms with Gasteiger partial charge in [0.25, 0.3) is 5.91 Å². The molecule has 3 nitrogen and oxygen atoms in total. The van der Waals surface area contributed by atoms with E-state index in [9.17, 15) is 9.90 Å². The van der Waals surface area contributed by atoms with Gasteiger partial charge in [-0.1, -0.05) is 43.6 Å². The molecule has 0 radical (unpaired) electrons. The van der Waals surface area contributed by atoms with Gasteiger partial charge in [-0.05, 0) is 42.9 Å². The zero-order chi connectivity index (χ0) is 16.0. The van der Waals surface area contributed by atoms with Gasteiger partial charge in [0.2, 0.25) is 0 Å². The van der Waals surface area contributed by atoms with Gasteiger partial charge in [0.15, 0.2) is 0 Å². The fourth-order valence-electron chi connectivity index (χ4n) is 2.00. The third-order valence-electron chi connectivity index (χ3n) is 3.43. The van der Waals surface area contributed by atoms with Crippen LogP contribution in [0, 0.1) is 11.8 Å². The molecular formula is C17H26BrNO2. The minimum absolute atomic E-state index is 0.0356. The first kappa shape index (κ1) is 18.0. The van der Waals surface area contributed by atoms with E-state index >= 15 is 0 Å². The van der Waals surface area contributed by atoms with E-state index in [0.29, 0.717) is 17.4 Å². The summed E-state index contributed by atoms with van der Waals surface area (Å²) >= 11 is 3.30. The molecule has 0 atom stereocenters. The summed E-state index contributed by atoms with van der Waals surface area (Å²) in [5, 5.41) is 9.99. The van der Waals surface area contributed by atoms with Crippen LogP contribution in [0.5, 0.6) is 5.75 Å². The van der Waals surface area contributed by atoms with E-state index in [1.165, 1.54) is 0 Å². The molecule has 4 heteroatoms. The Kier molecular flexibility index (Phi) is 7.23. The Hall–Kier alpha value is -1.03. The summed E-state index contributed by atoms with van der Waals surface area (Å²) in [6.07, 6.45) is 1.95. The SMILES string of the molecule is CC(C)CCN(CCC(C)C)C(=O)c1ccc(Br)cc1O. The topological polar surface area (TPSA) is 40.5 Å². The molecule has 0 unspecified atom stereocenters. The van der Waals surface area contributed by atoms with Crippen LogP contribution in [-0.2, 0) is 0 Å². The lowest BCUT2D eigenvalue weighted by molar-refractivity contribution is 0.0738. The molecule has 0 bridgehead atoms. The molecule has 1 rings (SSSR count). The molecule has 0 saturated heterocycles. The quantitative estimate of drug-likeness (QED) is 0.770. The van der Waals surface area contributed by atoms with Crippen LogP contribution >= 0.6 is 15.9 Å². The van der Waals surface area contributed by atoms with Gasteiger partial charge in [-0.3, -0.25) is 4.79 Å². The van der Waals surface area contributed by atoms with E-state index in [0.717, 1.165) is 30.4 Å². The molecule has 0 spiro atoms. The highest BCUT2D eigenvalue weighted by molar-refractivity contribution is 9.10. The monoisotopic (exact) mass is 355 g/mol. The van der Waals surface area contributed by atoms with Gasteiger partial charge >= 0.3 is 0 Å². The number of benzene rings is 1. The molecular weight excluding hydrogens is 330 g/mol. The zero-order valence-electron chi connectivity index (χ0n) is 13.4. The minimum Gasteiger partial charge on any atom is -0.507 e. The molecule has 0 aromatic heterocycles. The minimum atomic E-state index is -0.0821. The van der Waals surface area contributed by atoms with Crippen molar-refractivity contribution in [1.29, 1.82) is 0 Å². The predicted octanol–water partition coefficient (Wildman–Crippen LogP) is 4.69. The second-order valence-corrected chi connectivity index (χ2v) is 7.23. The molecule has 1 aromatic carbocycles. The molecule has 0 aliphatic rings. The Morgan fingerprint density at radius 3 is 2.10 bits per heavy atom. The number of phenolic OH excluding ortho intramolecular Hbond substituents is 1. The molecule has 1 aromatic rings. The first-order valence-electron chi connectivity index (χ1n) is 7.59. The lowest BCUT2D eigenvalue weighted by Crippen LogP contribution is -2.34. The van der Waals surface area contributed by atoms with Gasteiger partial charge in [0.1, 0.15) is 5.75 Å². The van der Waals surface area contributed by atoms with Crippen LogP contribution in [0.25, 0.3) is 0 Å². The van der Waals surface area contributed by atoms with Crippen LogP contribution in [0.1, 0.15) is 50.9 Å². The standard InChI is InChI=1S/C17H26BrNO2/c1-12(2)7-9-19(10-8-13(3)4)17(21)15-6-5-14(18)11-16(15)20/h5-6,11-13,20H,7-10H2,1-4H3. The van der Waals surface area contributed by atoms with E-state index < -0.39 is 0 Å². The van der Waals surface area contributed by atoms with Crippen molar-refractivity contribution in [3.63, 3.8) is 0 Å². The lowest BCUT2D eigenvalue weighted by Gasteiger charge is -2.25. The van der Waals surface area contributed by atoms with Crippen molar-refractivity contribution in [2.75, 3.05) is 13.1 Å². The average molecular weight is 356 g/mol. The van der Waals surface area contributed by atoms with Crippen molar-refractivity contribution >= 4 is 21.8 Å². The molecule has 0 heterocycles. The number of hydrogen-bond acceptors (Lipinski definition) is 2. The van der Waals surface area contributed by atoms with E-state index in [-0.39, 0.29) is 11.7 Å². The Bertz CT molecular complexity index is 460. The molecule has 0 saturated carbocycles. The number of carbonyl (C=O) groups is 1. The van der Waals surface area contributed by atoms with E-state index in [1.807, 2.05) is 4.90 Å². The van der Waals surface area contributed by atoms with Crippen molar-refractivity contribution in [1.82, 2.24) is 4.90 Å². The van der Waals surface area contributed by atoms with Gasteiger partial charge in [0.05, 0.1) is 5.56 Å². The number of carbonyl (C=O) groups excluding carboxylic acids is 1. The smallest absolute Gasteiger partial charge is 0.257 e. The van der Waals surface area contributed by atoms with Gasteiger partial charge in [-0.15, -0.1) is 0 Å². The van der Waals surface area contributed by atoms with Gasteiger partial charge < -0.3 is 10.0 Å². The zero-order valence-corrected chi connectivity index (χ0v) is 15.0. The highest BCUT2D eigenvalue weighted by Crippen LogP contribution is 2.24. The number of phenols is 1. The number of amides is 1. The van der Waals surface area contributed by atoms with Crippen LogP contribution in [0.15, 0.2) is 22.7 Å². The van der Waals surface area contributed by atoms with Crippen LogP contribution in [-0.4, -0.2) is 29.0 Å². The van der Waals surface area contributed by atoms with Gasteiger partial charge in [-0.25, -0.2) is 0 Å². The molecule has 0 aliphatic heterocycles. The van der Waals surface area contributed by atoms with Crippen molar-refractivity contribution < 1.29 is 9.90 Å². The van der Waals surface area contributed by atoms with E-state index in [1.54, 1.807) is 18.2 Å². The summed E-state index contributed by atoms with van der Waals surface area (Å²) in [4.78, 5) is 14.5. The van der Waals surface area contributed by atoms with Gasteiger partial charge in [0, 0.05) is 17.6 Å². The Morgan fingerprint density at radius 2 is 1.67 bits per heavy atom. The largest absolute Gasteiger partial charge is 0.507 e. The third kappa shape index (κ3) is 6.08. The highest BCUT2D eigenvalue weighted by atomic mass is 79.9. The molecule has 1 amide bonds. The summed E-state index contributed by atoms with van der Waals surface area (Å²) in [7, 11) is 0. The fourth-order valence-corrected chi connectivity index (χ4v) is 2.35. The van der Waals surface area contributed by atoms with Crippen molar-refractivity contribution in [3.8, 4) is 5.75 Å². The maximum absolute atomic E-state index is 12.7. The second kappa shape index (κ2) is 8.42. The van der Waals surface area contributed by atoms with Crippen LogP contribution < -0.4 is 0 Å². The van der Waals surface area contributed by atoms with Crippen LogP contribution in [0.4, 0.5) is 0 Å². The lowest BCUT2D eigenvalue weighted by atomic mass is 10.1. The summed E-state index contributed by atoms with van der Waals surface area (Å²) in [5.41, 5.74) is 0.380. The third-order valence-corrected chi connectivity index (χ3v) is 3.92. The number of nitrogens with zero attached hydrogens (tertiary/aromatic N) is 1. The maximum atomic E-state index is 12.7. The summed E-state index contributed by atoms with van der Waals surface area (Å²) in [6.45, 7) is 10.1. The Labute approximate surface area is 136 Å². The molecule has 21 heavy (non-hydrogen) atoms. The summed E-state index contributed by atoms with van der Waals surface area (Å²) in [5.74, 6) is 1.06. The van der Waals surface area contributed by atoms with E-state index in [4.69, 9.17) is 0 Å². The normalized spacial score (nSPS) is 11.2. The highest BCUT2D eigenvalue weighted by Gasteiger charge is 2.19. The van der Waals surface area contributed by atoms with Crippen molar-refractivity contribution in [2.24, 2.45) is 11.8 Å². The van der Waals surface area contributed by atoms with Crippen molar-refractivity contribution in [2.45, 2.75) is 40.5 Å². The Morgan fingerprint density at radius 1 is 1.14 bits per heavy atom. The fraction of sp³-hybridized carbons (Fsp3) is 0.588. The number of halogens is 1. The average Bonchev–Trinajstić information content (AvgIpc) is 2.37. The summed E-state index contributed by atoms with van der Waals surface area (Å²) in [6, 6.07) is 5.03. The predicted molar refractivity (Wildman–Crippen MR) is 90.6 cm³/mol. The number of aromatic hydroxyl groups is 1. The van der Waals surface area contributed by atoms with Crippen molar-refractivity contribution in [3.05, 3.63) is 28.2 Å². The van der Waals surface area contributed by atoms with Crippen LogP contribution in [0.2, 0.25) is 0 Å². The first-order valence-corrected chi connectivity index (χ1v) is 8.38. The summed E-state index contributed by atoms with van der Waals surface area (Å²) < 4.78 is 0.771. The molecule has 118 valence electrons. The Balaban J connectivity index is 2.86. The van der Waals surface area contributed by atoms with Crippen LogP contribution in [0.3, 0.4) is 0 Å². The first-order chi connectivity index (χ1) is 9.81. The molecule has 1 N–H and O–H groups in total. The van der Waals surface area contributed by atoms with Gasteiger partial charge in [-0.2, -0.15) is 0 Å². The molecule has 0 fully saturated rings. The van der Waals surface area contributed by atoms with E-state index in [2.05, 4.69) is 43.6 Å². The number of rotatable bonds is 7. The molecule has 0 aliphatic carbocycles. The second-order valence-electron chi connectivity index (χ2n) is 6.32. The number of hydrogen-bond donors (Lipinski definition) is 1. The maximum Gasteiger partial charge on any atom is 0.257 e.